The van der Waals surface area contributed by atoms with E-state index in [2.05, 4.69) is 10.5 Å². The predicted molar refractivity (Wildman–Crippen MR) is 85.8 cm³/mol. The number of carbonyl (C=O) groups is 1. The smallest absolute Gasteiger partial charge is 0.278 e. The van der Waals surface area contributed by atoms with Crippen LogP contribution in [-0.4, -0.2) is 23.7 Å². The van der Waals surface area contributed by atoms with Gasteiger partial charge in [0.2, 0.25) is 0 Å². The predicted octanol–water partition coefficient (Wildman–Crippen LogP) is 2.78. The summed E-state index contributed by atoms with van der Waals surface area (Å²) in [6.07, 6.45) is 1.21. The summed E-state index contributed by atoms with van der Waals surface area (Å²) in [4.78, 5) is 21.9. The van der Waals surface area contributed by atoms with E-state index in [0.717, 1.165) is 0 Å². The monoisotopic (exact) mass is 333 g/mol. The first-order valence-corrected chi connectivity index (χ1v) is 6.88. The van der Waals surface area contributed by atoms with Crippen LogP contribution < -0.4 is 10.2 Å². The van der Waals surface area contributed by atoms with E-state index >= 15 is 0 Å². The zero-order valence-electron chi connectivity index (χ0n) is 11.8. The summed E-state index contributed by atoms with van der Waals surface area (Å²) in [7, 11) is 0. The molecule has 0 heterocycles. The number of ether oxygens (including phenoxy) is 1. The van der Waals surface area contributed by atoms with Gasteiger partial charge in [0, 0.05) is 11.1 Å². The van der Waals surface area contributed by atoms with E-state index in [9.17, 15) is 14.9 Å². The van der Waals surface area contributed by atoms with E-state index in [1.54, 1.807) is 36.4 Å². The van der Waals surface area contributed by atoms with E-state index in [4.69, 9.17) is 16.3 Å². The Labute approximate surface area is 136 Å². The van der Waals surface area contributed by atoms with Gasteiger partial charge in [0.15, 0.2) is 6.61 Å². The van der Waals surface area contributed by atoms with Crippen LogP contribution in [0.3, 0.4) is 0 Å². The lowest BCUT2D eigenvalue weighted by molar-refractivity contribution is -0.385. The fourth-order valence-electron chi connectivity index (χ4n) is 1.65. The molecule has 2 rings (SSSR count). The lowest BCUT2D eigenvalue weighted by Crippen LogP contribution is -2.24. The standard InChI is InChI=1S/C15H12ClN3O4/c16-12-5-7-13(8-6-12)23-10-15(20)18-17-9-11-3-1-2-4-14(11)19(21)22/h1-9H,10H2,(H,18,20). The van der Waals surface area contributed by atoms with Gasteiger partial charge in [-0.2, -0.15) is 5.10 Å². The summed E-state index contributed by atoms with van der Waals surface area (Å²) in [6, 6.07) is 12.6. The van der Waals surface area contributed by atoms with Gasteiger partial charge in [0.1, 0.15) is 5.75 Å². The number of para-hydroxylation sites is 1. The van der Waals surface area contributed by atoms with Gasteiger partial charge in [-0.05, 0) is 30.3 Å². The molecule has 0 unspecified atom stereocenters. The minimum Gasteiger partial charge on any atom is -0.484 e. The number of benzene rings is 2. The van der Waals surface area contributed by atoms with E-state index in [1.165, 1.54) is 18.3 Å². The zero-order chi connectivity index (χ0) is 16.7. The van der Waals surface area contributed by atoms with Gasteiger partial charge < -0.3 is 4.74 Å². The Hall–Kier alpha value is -2.93. The average Bonchev–Trinajstić information content (AvgIpc) is 2.54. The number of hydrogen-bond donors (Lipinski definition) is 1. The maximum atomic E-state index is 11.6. The molecule has 0 spiro atoms. The van der Waals surface area contributed by atoms with Crippen molar-refractivity contribution in [3.05, 3.63) is 69.2 Å². The molecular weight excluding hydrogens is 322 g/mol. The number of nitrogens with one attached hydrogen (secondary N) is 1. The molecule has 0 saturated carbocycles. The van der Waals surface area contributed by atoms with Crippen LogP contribution >= 0.6 is 11.6 Å². The number of carbonyl (C=O) groups excluding carboxylic acids is 1. The second-order valence-electron chi connectivity index (χ2n) is 4.35. The maximum Gasteiger partial charge on any atom is 0.278 e. The van der Waals surface area contributed by atoms with Gasteiger partial charge in [-0.15, -0.1) is 0 Å². The molecule has 23 heavy (non-hydrogen) atoms. The van der Waals surface area contributed by atoms with Crippen molar-refractivity contribution in [3.8, 4) is 5.75 Å². The first kappa shape index (κ1) is 16.4. The summed E-state index contributed by atoms with van der Waals surface area (Å²) < 4.78 is 5.23. The molecule has 0 atom stereocenters. The largest absolute Gasteiger partial charge is 0.484 e. The highest BCUT2D eigenvalue weighted by Crippen LogP contribution is 2.16. The molecule has 0 radical (unpaired) electrons. The molecule has 0 aliphatic heterocycles. The molecular formula is C15H12ClN3O4. The molecule has 1 N–H and O–H groups in total. The number of nitro benzene ring substituents is 1. The van der Waals surface area contributed by atoms with Crippen molar-refractivity contribution in [2.24, 2.45) is 5.10 Å². The van der Waals surface area contributed by atoms with Crippen molar-refractivity contribution in [3.63, 3.8) is 0 Å². The third-order valence-corrected chi connectivity index (χ3v) is 2.96. The third-order valence-electron chi connectivity index (χ3n) is 2.71. The Morgan fingerprint density at radius 1 is 1.26 bits per heavy atom. The normalized spacial score (nSPS) is 10.5. The van der Waals surface area contributed by atoms with Gasteiger partial charge in [0.25, 0.3) is 11.6 Å². The molecule has 2 aromatic rings. The molecule has 8 heteroatoms. The number of nitro groups is 1. The molecule has 0 bridgehead atoms. The molecule has 0 aliphatic rings. The number of amides is 1. The topological polar surface area (TPSA) is 93.8 Å². The van der Waals surface area contributed by atoms with Crippen molar-refractivity contribution in [2.45, 2.75) is 0 Å². The van der Waals surface area contributed by atoms with Crippen LogP contribution in [0.25, 0.3) is 0 Å². The molecule has 2 aromatic carbocycles. The number of halogens is 1. The van der Waals surface area contributed by atoms with Crippen LogP contribution in [0.4, 0.5) is 5.69 Å². The van der Waals surface area contributed by atoms with Crippen LogP contribution in [-0.2, 0) is 4.79 Å². The number of nitrogens with zero attached hydrogens (tertiary/aromatic N) is 2. The zero-order valence-corrected chi connectivity index (χ0v) is 12.6. The summed E-state index contributed by atoms with van der Waals surface area (Å²) in [5, 5.41) is 15.1. The van der Waals surface area contributed by atoms with Gasteiger partial charge in [0.05, 0.1) is 16.7 Å². The lowest BCUT2D eigenvalue weighted by Gasteiger charge is -2.04. The molecule has 0 fully saturated rings. The van der Waals surface area contributed by atoms with Crippen LogP contribution in [0.1, 0.15) is 5.56 Å². The van der Waals surface area contributed by atoms with Crippen molar-refractivity contribution in [1.29, 1.82) is 0 Å². The Bertz CT molecular complexity index is 732. The van der Waals surface area contributed by atoms with Gasteiger partial charge in [-0.3, -0.25) is 14.9 Å². The first-order valence-electron chi connectivity index (χ1n) is 6.50. The Kier molecular flexibility index (Phi) is 5.65. The van der Waals surface area contributed by atoms with E-state index in [0.29, 0.717) is 10.8 Å². The third kappa shape index (κ3) is 5.08. The van der Waals surface area contributed by atoms with Crippen LogP contribution in [0.5, 0.6) is 5.75 Å². The van der Waals surface area contributed by atoms with Crippen molar-refractivity contribution in [2.75, 3.05) is 6.61 Å². The molecule has 0 aliphatic carbocycles. The molecule has 0 saturated heterocycles. The highest BCUT2D eigenvalue weighted by Gasteiger charge is 2.10. The minimum absolute atomic E-state index is 0.0945. The summed E-state index contributed by atoms with van der Waals surface area (Å²) in [6.45, 7) is -0.240. The minimum atomic E-state index is -0.521. The van der Waals surface area contributed by atoms with E-state index < -0.39 is 10.8 Å². The van der Waals surface area contributed by atoms with Crippen molar-refractivity contribution >= 4 is 29.4 Å². The van der Waals surface area contributed by atoms with E-state index in [1.807, 2.05) is 0 Å². The van der Waals surface area contributed by atoms with Gasteiger partial charge in [-0.25, -0.2) is 5.43 Å². The lowest BCUT2D eigenvalue weighted by atomic mass is 10.2. The van der Waals surface area contributed by atoms with Crippen molar-refractivity contribution < 1.29 is 14.5 Å². The number of hydrogen-bond acceptors (Lipinski definition) is 5. The van der Waals surface area contributed by atoms with Crippen molar-refractivity contribution in [1.82, 2.24) is 5.43 Å². The van der Waals surface area contributed by atoms with Crippen LogP contribution in [0.2, 0.25) is 5.02 Å². The fourth-order valence-corrected chi connectivity index (χ4v) is 1.77. The summed E-state index contributed by atoms with van der Waals surface area (Å²) >= 11 is 5.73. The number of hydrazone groups is 1. The van der Waals surface area contributed by atoms with Crippen LogP contribution in [0.15, 0.2) is 53.6 Å². The molecule has 7 nitrogen and oxygen atoms in total. The van der Waals surface area contributed by atoms with Gasteiger partial charge >= 0.3 is 0 Å². The molecule has 118 valence electrons. The Morgan fingerprint density at radius 2 is 1.96 bits per heavy atom. The van der Waals surface area contributed by atoms with Crippen LogP contribution in [0, 0.1) is 10.1 Å². The molecule has 1 amide bonds. The highest BCUT2D eigenvalue weighted by atomic mass is 35.5. The van der Waals surface area contributed by atoms with Gasteiger partial charge in [-0.1, -0.05) is 23.7 Å². The maximum absolute atomic E-state index is 11.6. The average molecular weight is 334 g/mol. The molecule has 0 aromatic heterocycles. The van der Waals surface area contributed by atoms with E-state index in [-0.39, 0.29) is 17.9 Å². The first-order chi connectivity index (χ1) is 11.1. The second kappa shape index (κ2) is 7.90. The SMILES string of the molecule is O=C(COc1ccc(Cl)cc1)NN=Cc1ccccc1[N+](=O)[O-]. The summed E-state index contributed by atoms with van der Waals surface area (Å²) in [5.74, 6) is 0.00186. The summed E-state index contributed by atoms with van der Waals surface area (Å²) in [5.41, 5.74) is 2.43. The quantitative estimate of drug-likeness (QED) is 0.499. The number of rotatable bonds is 6. The Balaban J connectivity index is 1.87. The second-order valence-corrected chi connectivity index (χ2v) is 4.79. The highest BCUT2D eigenvalue weighted by molar-refractivity contribution is 6.30. The fraction of sp³-hybridized carbons (Fsp3) is 0.0667. The Morgan fingerprint density at radius 3 is 2.65 bits per heavy atom.